The van der Waals surface area contributed by atoms with Gasteiger partial charge in [-0.05, 0) is 30.2 Å². The number of nitrogens with zero attached hydrogens (tertiary/aromatic N) is 4. The predicted octanol–water partition coefficient (Wildman–Crippen LogP) is 4.61. The molecule has 0 radical (unpaired) electrons. The second kappa shape index (κ2) is 9.06. The van der Waals surface area contributed by atoms with Gasteiger partial charge in [0.05, 0.1) is 12.2 Å². The van der Waals surface area contributed by atoms with E-state index in [1.54, 1.807) is 0 Å². The first kappa shape index (κ1) is 20.0. The third-order valence-corrected chi connectivity index (χ3v) is 5.73. The van der Waals surface area contributed by atoms with Crippen LogP contribution in [0.25, 0.3) is 11.3 Å². The van der Waals surface area contributed by atoms with Crippen LogP contribution < -0.4 is 4.74 Å². The maximum absolute atomic E-state index is 13.1. The molecule has 0 bridgehead atoms. The fourth-order valence-corrected chi connectivity index (χ4v) is 3.98. The van der Waals surface area contributed by atoms with Gasteiger partial charge in [-0.15, -0.1) is 5.10 Å². The van der Waals surface area contributed by atoms with Crippen LogP contribution in [0.15, 0.2) is 91.1 Å². The van der Waals surface area contributed by atoms with Crippen LogP contribution in [0.5, 0.6) is 5.75 Å². The Balaban J connectivity index is 1.23. The topological polar surface area (TPSA) is 60.2 Å². The zero-order valence-electron chi connectivity index (χ0n) is 17.7. The molecule has 6 heteroatoms. The summed E-state index contributed by atoms with van der Waals surface area (Å²) in [5.74, 6) is 0.709. The van der Waals surface area contributed by atoms with Crippen molar-refractivity contribution in [3.05, 3.63) is 102 Å². The summed E-state index contributed by atoms with van der Waals surface area (Å²) in [4.78, 5) is 15.0. The molecule has 0 saturated carbocycles. The monoisotopic (exact) mass is 424 g/mol. The van der Waals surface area contributed by atoms with Gasteiger partial charge in [-0.2, -0.15) is 0 Å². The Morgan fingerprint density at radius 2 is 1.75 bits per heavy atom. The molecule has 4 aromatic rings. The molecule has 5 rings (SSSR count). The van der Waals surface area contributed by atoms with E-state index in [2.05, 4.69) is 10.3 Å². The minimum atomic E-state index is 0.0149. The molecule has 1 aromatic heterocycles. The molecule has 1 aliphatic rings. The Morgan fingerprint density at radius 1 is 0.969 bits per heavy atom. The minimum Gasteiger partial charge on any atom is -0.489 e. The zero-order chi connectivity index (χ0) is 21.8. The van der Waals surface area contributed by atoms with Gasteiger partial charge < -0.3 is 9.64 Å². The van der Waals surface area contributed by atoms with Crippen LogP contribution in [-0.2, 0) is 6.61 Å². The molecule has 1 aliphatic heterocycles. The molecule has 0 N–H and O–H groups in total. The lowest BCUT2D eigenvalue weighted by atomic mass is 10.2. The van der Waals surface area contributed by atoms with E-state index in [1.165, 1.54) is 0 Å². The first-order valence-electron chi connectivity index (χ1n) is 10.8. The van der Waals surface area contributed by atoms with Crippen molar-refractivity contribution in [1.29, 1.82) is 0 Å². The fraction of sp³-hybridized carbons (Fsp3) is 0.192. The summed E-state index contributed by atoms with van der Waals surface area (Å²) in [5, 5.41) is 8.63. The molecule has 32 heavy (non-hydrogen) atoms. The second-order valence-corrected chi connectivity index (χ2v) is 7.95. The minimum absolute atomic E-state index is 0.0149. The first-order valence-corrected chi connectivity index (χ1v) is 10.8. The summed E-state index contributed by atoms with van der Waals surface area (Å²) in [6.07, 6.45) is 2.82. The lowest BCUT2D eigenvalue weighted by Crippen LogP contribution is -2.29. The van der Waals surface area contributed by atoms with Gasteiger partial charge in [0.1, 0.15) is 18.1 Å². The number of hydrogen-bond acceptors (Lipinski definition) is 4. The predicted molar refractivity (Wildman–Crippen MR) is 122 cm³/mol. The molecule has 3 aromatic carbocycles. The van der Waals surface area contributed by atoms with Crippen molar-refractivity contribution in [2.75, 3.05) is 13.1 Å². The van der Waals surface area contributed by atoms with Crippen molar-refractivity contribution in [3.8, 4) is 17.0 Å². The summed E-state index contributed by atoms with van der Waals surface area (Å²) in [7, 11) is 0. The fourth-order valence-electron chi connectivity index (χ4n) is 3.98. The molecule has 1 atom stereocenters. The second-order valence-electron chi connectivity index (χ2n) is 7.95. The van der Waals surface area contributed by atoms with Crippen LogP contribution in [0.1, 0.15) is 28.4 Å². The maximum atomic E-state index is 13.1. The van der Waals surface area contributed by atoms with Gasteiger partial charge in [0, 0.05) is 24.2 Å². The number of ether oxygens (including phenoxy) is 1. The van der Waals surface area contributed by atoms with Gasteiger partial charge in [-0.1, -0.05) is 71.9 Å². The number of carbonyl (C=O) groups excluding carboxylic acids is 1. The van der Waals surface area contributed by atoms with E-state index in [1.807, 2.05) is 101 Å². The molecule has 1 unspecified atom stereocenters. The van der Waals surface area contributed by atoms with E-state index in [0.29, 0.717) is 31.0 Å². The number of carbonyl (C=O) groups is 1. The number of benzene rings is 3. The Hall–Kier alpha value is -3.93. The average Bonchev–Trinajstić information content (AvgIpc) is 3.54. The summed E-state index contributed by atoms with van der Waals surface area (Å²) in [6.45, 7) is 1.78. The van der Waals surface area contributed by atoms with Crippen molar-refractivity contribution in [3.63, 3.8) is 0 Å². The van der Waals surface area contributed by atoms with Crippen LogP contribution in [0.3, 0.4) is 0 Å². The molecule has 0 aliphatic carbocycles. The van der Waals surface area contributed by atoms with Crippen molar-refractivity contribution >= 4 is 5.91 Å². The third kappa shape index (κ3) is 4.39. The lowest BCUT2D eigenvalue weighted by molar-refractivity contribution is 0.0786. The van der Waals surface area contributed by atoms with Crippen LogP contribution in [0.4, 0.5) is 0 Å². The smallest absolute Gasteiger partial charge is 0.254 e. The number of hydrogen-bond donors (Lipinski definition) is 0. The number of rotatable bonds is 6. The van der Waals surface area contributed by atoms with Gasteiger partial charge >= 0.3 is 0 Å². The average molecular weight is 425 g/mol. The van der Waals surface area contributed by atoms with Crippen LogP contribution >= 0.6 is 0 Å². The van der Waals surface area contributed by atoms with E-state index in [9.17, 15) is 4.79 Å². The molecule has 160 valence electrons. The van der Waals surface area contributed by atoms with E-state index in [0.717, 1.165) is 23.2 Å². The van der Waals surface area contributed by atoms with Gasteiger partial charge in [0.2, 0.25) is 0 Å². The molecular weight excluding hydrogens is 400 g/mol. The highest BCUT2D eigenvalue weighted by Gasteiger charge is 2.29. The van der Waals surface area contributed by atoms with Gasteiger partial charge in [-0.25, -0.2) is 4.68 Å². The number of likely N-dealkylation sites (tertiary alicyclic amines) is 1. The van der Waals surface area contributed by atoms with Crippen LogP contribution in [0.2, 0.25) is 0 Å². The van der Waals surface area contributed by atoms with E-state index < -0.39 is 0 Å². The standard InChI is InChI=1S/C26H24N4O2/c31-26(22-12-7-13-24(16-22)32-19-20-8-3-1-4-9-20)29-15-14-23(17-29)30-18-25(27-28-30)21-10-5-2-6-11-21/h1-13,16,18,23H,14-15,17,19H2. The number of aromatic nitrogens is 3. The third-order valence-electron chi connectivity index (χ3n) is 5.73. The first-order chi connectivity index (χ1) is 15.8. The molecular formula is C26H24N4O2. The summed E-state index contributed by atoms with van der Waals surface area (Å²) >= 11 is 0. The molecule has 1 fully saturated rings. The Kier molecular flexibility index (Phi) is 5.66. The van der Waals surface area contributed by atoms with E-state index >= 15 is 0 Å². The quantitative estimate of drug-likeness (QED) is 0.453. The number of amides is 1. The molecule has 0 spiro atoms. The molecule has 2 heterocycles. The summed E-state index contributed by atoms with van der Waals surface area (Å²) in [6, 6.07) is 27.5. The molecule has 1 saturated heterocycles. The van der Waals surface area contributed by atoms with E-state index in [4.69, 9.17) is 4.74 Å². The SMILES string of the molecule is O=C(c1cccc(OCc2ccccc2)c1)N1CCC(n2cc(-c3ccccc3)nn2)C1. The van der Waals surface area contributed by atoms with Gasteiger partial charge in [0.15, 0.2) is 0 Å². The highest BCUT2D eigenvalue weighted by atomic mass is 16.5. The molecule has 6 nitrogen and oxygen atoms in total. The normalized spacial score (nSPS) is 15.6. The van der Waals surface area contributed by atoms with Crippen LogP contribution in [0, 0.1) is 0 Å². The lowest BCUT2D eigenvalue weighted by Gasteiger charge is -2.17. The van der Waals surface area contributed by atoms with Crippen molar-refractivity contribution in [2.45, 2.75) is 19.1 Å². The van der Waals surface area contributed by atoms with Gasteiger partial charge in [-0.3, -0.25) is 4.79 Å². The highest BCUT2D eigenvalue weighted by Crippen LogP contribution is 2.25. The zero-order valence-corrected chi connectivity index (χ0v) is 17.7. The Labute approximate surface area is 187 Å². The van der Waals surface area contributed by atoms with Crippen molar-refractivity contribution in [1.82, 2.24) is 19.9 Å². The highest BCUT2D eigenvalue weighted by molar-refractivity contribution is 5.94. The Bertz CT molecular complexity index is 1190. The Morgan fingerprint density at radius 3 is 2.56 bits per heavy atom. The van der Waals surface area contributed by atoms with Gasteiger partial charge in [0.25, 0.3) is 5.91 Å². The summed E-state index contributed by atoms with van der Waals surface area (Å²) in [5.41, 5.74) is 3.62. The summed E-state index contributed by atoms with van der Waals surface area (Å²) < 4.78 is 7.77. The van der Waals surface area contributed by atoms with Crippen molar-refractivity contribution in [2.24, 2.45) is 0 Å². The van der Waals surface area contributed by atoms with Crippen LogP contribution in [-0.4, -0.2) is 38.9 Å². The van der Waals surface area contributed by atoms with E-state index in [-0.39, 0.29) is 11.9 Å². The van der Waals surface area contributed by atoms with Crippen molar-refractivity contribution < 1.29 is 9.53 Å². The maximum Gasteiger partial charge on any atom is 0.254 e. The molecule has 1 amide bonds. The largest absolute Gasteiger partial charge is 0.489 e.